The Labute approximate surface area is 183 Å². The molecular formula is C25H21FO4S. The number of ketones is 1. The quantitative estimate of drug-likeness (QED) is 0.384. The summed E-state index contributed by atoms with van der Waals surface area (Å²) in [7, 11) is 0. The molecule has 0 aliphatic carbocycles. The van der Waals surface area contributed by atoms with E-state index in [1.54, 1.807) is 44.2 Å². The number of aliphatic hydroxyl groups is 1. The Bertz CT molecular complexity index is 1250. The van der Waals surface area contributed by atoms with Crippen LogP contribution in [-0.2, 0) is 0 Å². The average Bonchev–Trinajstić information content (AvgIpc) is 3.10. The van der Waals surface area contributed by atoms with Crippen LogP contribution in [0.3, 0.4) is 0 Å². The summed E-state index contributed by atoms with van der Waals surface area (Å²) < 4.78 is 20.0. The SMILES string of the molecule is Cc1cc(F)cc(C)c1C(=O)c1sc2cc(O)ccc2c1-c1ccc(OCCO)cc1. The minimum absolute atomic E-state index is 0.0740. The second kappa shape index (κ2) is 8.49. The summed E-state index contributed by atoms with van der Waals surface area (Å²) in [5.41, 5.74) is 3.25. The molecule has 0 bridgehead atoms. The number of ether oxygens (including phenoxy) is 1. The molecule has 0 radical (unpaired) electrons. The molecule has 4 aromatic rings. The van der Waals surface area contributed by atoms with Gasteiger partial charge in [0.1, 0.15) is 23.9 Å². The third-order valence-corrected chi connectivity index (χ3v) is 6.26. The Hall–Kier alpha value is -3.22. The van der Waals surface area contributed by atoms with E-state index in [0.717, 1.165) is 21.2 Å². The second-order valence-corrected chi connectivity index (χ2v) is 8.38. The van der Waals surface area contributed by atoms with Gasteiger partial charge in [0.05, 0.1) is 11.5 Å². The average molecular weight is 437 g/mol. The number of hydrogen-bond donors (Lipinski definition) is 2. The van der Waals surface area contributed by atoms with Crippen molar-refractivity contribution in [1.82, 2.24) is 0 Å². The van der Waals surface area contributed by atoms with E-state index in [0.29, 0.717) is 27.3 Å². The molecule has 0 amide bonds. The number of aliphatic hydroxyl groups excluding tert-OH is 1. The molecule has 0 aliphatic rings. The molecule has 31 heavy (non-hydrogen) atoms. The van der Waals surface area contributed by atoms with Crippen molar-refractivity contribution in [3.63, 3.8) is 0 Å². The van der Waals surface area contributed by atoms with Crippen molar-refractivity contribution in [1.29, 1.82) is 0 Å². The van der Waals surface area contributed by atoms with Gasteiger partial charge in [-0.25, -0.2) is 4.39 Å². The van der Waals surface area contributed by atoms with Crippen LogP contribution in [0.25, 0.3) is 21.2 Å². The molecule has 1 aromatic heterocycles. The fraction of sp³-hybridized carbons (Fsp3) is 0.160. The third kappa shape index (κ3) is 4.04. The molecule has 4 nitrogen and oxygen atoms in total. The van der Waals surface area contributed by atoms with E-state index in [4.69, 9.17) is 9.84 Å². The number of rotatable bonds is 6. The second-order valence-electron chi connectivity index (χ2n) is 7.33. The van der Waals surface area contributed by atoms with Crippen LogP contribution >= 0.6 is 11.3 Å². The summed E-state index contributed by atoms with van der Waals surface area (Å²) in [6, 6.07) is 15.1. The van der Waals surface area contributed by atoms with Gasteiger partial charge in [-0.05, 0) is 73.0 Å². The molecule has 2 N–H and O–H groups in total. The van der Waals surface area contributed by atoms with Crippen molar-refractivity contribution in [2.75, 3.05) is 13.2 Å². The van der Waals surface area contributed by atoms with Crippen LogP contribution in [0.1, 0.15) is 26.4 Å². The van der Waals surface area contributed by atoms with Crippen molar-refractivity contribution in [3.8, 4) is 22.6 Å². The van der Waals surface area contributed by atoms with Gasteiger partial charge >= 0.3 is 0 Å². The van der Waals surface area contributed by atoms with E-state index in [2.05, 4.69) is 0 Å². The van der Waals surface area contributed by atoms with Gasteiger partial charge in [-0.3, -0.25) is 4.79 Å². The molecule has 0 fully saturated rings. The normalized spacial score (nSPS) is 11.1. The van der Waals surface area contributed by atoms with E-state index in [9.17, 15) is 14.3 Å². The minimum Gasteiger partial charge on any atom is -0.508 e. The summed E-state index contributed by atoms with van der Waals surface area (Å²) in [4.78, 5) is 14.2. The lowest BCUT2D eigenvalue weighted by atomic mass is 9.94. The van der Waals surface area contributed by atoms with Gasteiger partial charge in [0, 0.05) is 21.2 Å². The van der Waals surface area contributed by atoms with Crippen LogP contribution in [0.4, 0.5) is 4.39 Å². The summed E-state index contributed by atoms with van der Waals surface area (Å²) in [5, 5.41) is 19.7. The van der Waals surface area contributed by atoms with Crippen LogP contribution < -0.4 is 4.74 Å². The highest BCUT2D eigenvalue weighted by Crippen LogP contribution is 2.42. The maximum Gasteiger partial charge on any atom is 0.204 e. The van der Waals surface area contributed by atoms with Crippen molar-refractivity contribution in [2.24, 2.45) is 0 Å². The molecule has 0 saturated carbocycles. The first-order valence-corrected chi connectivity index (χ1v) is 10.6. The number of hydrogen-bond acceptors (Lipinski definition) is 5. The van der Waals surface area contributed by atoms with E-state index < -0.39 is 0 Å². The number of aryl methyl sites for hydroxylation is 2. The lowest BCUT2D eigenvalue weighted by Crippen LogP contribution is -2.06. The predicted molar refractivity (Wildman–Crippen MR) is 121 cm³/mol. The summed E-state index contributed by atoms with van der Waals surface area (Å²) in [6.45, 7) is 3.59. The van der Waals surface area contributed by atoms with Crippen molar-refractivity contribution >= 4 is 27.2 Å². The molecule has 158 valence electrons. The van der Waals surface area contributed by atoms with E-state index in [1.807, 2.05) is 12.1 Å². The Morgan fingerprint density at radius 1 is 1.03 bits per heavy atom. The van der Waals surface area contributed by atoms with E-state index >= 15 is 0 Å². The van der Waals surface area contributed by atoms with Crippen LogP contribution in [0, 0.1) is 19.7 Å². The van der Waals surface area contributed by atoms with Crippen molar-refractivity contribution in [2.45, 2.75) is 13.8 Å². The molecule has 1 heterocycles. The molecule has 0 aliphatic heterocycles. The highest BCUT2D eigenvalue weighted by Gasteiger charge is 2.24. The fourth-order valence-corrected chi connectivity index (χ4v) is 5.00. The lowest BCUT2D eigenvalue weighted by molar-refractivity contribution is 0.104. The molecule has 4 rings (SSSR count). The van der Waals surface area contributed by atoms with Crippen LogP contribution in [-0.4, -0.2) is 29.2 Å². The fourth-order valence-electron chi connectivity index (χ4n) is 3.80. The number of fused-ring (bicyclic) bond motifs is 1. The van der Waals surface area contributed by atoms with Gasteiger partial charge in [0.15, 0.2) is 0 Å². The number of phenolic OH excluding ortho intramolecular Hbond substituents is 1. The van der Waals surface area contributed by atoms with Gasteiger partial charge in [-0.2, -0.15) is 0 Å². The number of aromatic hydroxyl groups is 1. The highest BCUT2D eigenvalue weighted by molar-refractivity contribution is 7.21. The molecular weight excluding hydrogens is 415 g/mol. The molecule has 0 saturated heterocycles. The topological polar surface area (TPSA) is 66.8 Å². The zero-order valence-corrected chi connectivity index (χ0v) is 17.9. The van der Waals surface area contributed by atoms with E-state index in [-0.39, 0.29) is 30.6 Å². The molecule has 0 unspecified atom stereocenters. The molecule has 6 heteroatoms. The molecule has 0 spiro atoms. The Kier molecular flexibility index (Phi) is 5.76. The Morgan fingerprint density at radius 3 is 2.35 bits per heavy atom. The third-order valence-electron chi connectivity index (χ3n) is 5.11. The maximum atomic E-state index is 13.8. The first-order chi connectivity index (χ1) is 14.9. The number of halogens is 1. The Balaban J connectivity index is 1.89. The zero-order valence-electron chi connectivity index (χ0n) is 17.1. The summed E-state index contributed by atoms with van der Waals surface area (Å²) in [5.74, 6) is 0.201. The van der Waals surface area contributed by atoms with Crippen molar-refractivity contribution in [3.05, 3.63) is 82.0 Å². The maximum absolute atomic E-state index is 13.8. The highest BCUT2D eigenvalue weighted by atomic mass is 32.1. The monoisotopic (exact) mass is 436 g/mol. The van der Waals surface area contributed by atoms with Gasteiger partial charge < -0.3 is 14.9 Å². The van der Waals surface area contributed by atoms with Crippen molar-refractivity contribution < 1.29 is 24.1 Å². The minimum atomic E-state index is -0.369. The first kappa shape index (κ1) is 21.0. The largest absolute Gasteiger partial charge is 0.508 e. The predicted octanol–water partition coefficient (Wildman–Crippen LogP) is 5.63. The van der Waals surface area contributed by atoms with Crippen LogP contribution in [0.5, 0.6) is 11.5 Å². The number of thiophene rings is 1. The van der Waals surface area contributed by atoms with Gasteiger partial charge in [0.2, 0.25) is 5.78 Å². The molecule has 0 atom stereocenters. The summed E-state index contributed by atoms with van der Waals surface area (Å²) in [6.07, 6.45) is 0. The van der Waals surface area contributed by atoms with Crippen LogP contribution in [0.2, 0.25) is 0 Å². The lowest BCUT2D eigenvalue weighted by Gasteiger charge is -2.11. The number of benzene rings is 3. The summed E-state index contributed by atoms with van der Waals surface area (Å²) >= 11 is 1.31. The number of phenols is 1. The van der Waals surface area contributed by atoms with Crippen LogP contribution in [0.15, 0.2) is 54.6 Å². The van der Waals surface area contributed by atoms with Gasteiger partial charge in [0.25, 0.3) is 0 Å². The number of carbonyl (C=O) groups excluding carboxylic acids is 1. The first-order valence-electron chi connectivity index (χ1n) is 9.80. The number of carbonyl (C=O) groups is 1. The smallest absolute Gasteiger partial charge is 0.204 e. The molecule has 3 aromatic carbocycles. The van der Waals surface area contributed by atoms with Gasteiger partial charge in [-0.1, -0.05) is 12.1 Å². The van der Waals surface area contributed by atoms with Gasteiger partial charge in [-0.15, -0.1) is 11.3 Å². The van der Waals surface area contributed by atoms with E-state index in [1.165, 1.54) is 23.5 Å². The standard InChI is InChI=1S/C25H21FO4S/c1-14-11-17(26)12-15(2)22(14)24(29)25-23(20-8-5-18(28)13-21(20)31-25)16-3-6-19(7-4-16)30-10-9-27/h3-8,11-13,27-28H,9-10H2,1-2H3. The zero-order chi connectivity index (χ0) is 22.1. The Morgan fingerprint density at radius 2 is 1.71 bits per heavy atom.